The van der Waals surface area contributed by atoms with Gasteiger partial charge >= 0.3 is 0 Å². The van der Waals surface area contributed by atoms with Gasteiger partial charge in [0.25, 0.3) is 0 Å². The molecule has 2 heterocycles. The molecule has 0 saturated heterocycles. The number of hydrogen-bond donors (Lipinski definition) is 2. The van der Waals surface area contributed by atoms with E-state index in [-0.39, 0.29) is 29.0 Å². The second-order valence-electron chi connectivity index (χ2n) is 13.8. The number of rotatable bonds is 12. The predicted molar refractivity (Wildman–Crippen MR) is 223 cm³/mol. The summed E-state index contributed by atoms with van der Waals surface area (Å²) in [6, 6.07) is 43.8. The number of anilines is 1. The summed E-state index contributed by atoms with van der Waals surface area (Å²) in [5.74, 6) is 0.710. The number of aromatic nitrogens is 4. The zero-order valence-electron chi connectivity index (χ0n) is 30.4. The molecule has 0 aliphatic heterocycles. The smallest absolute Gasteiger partial charge is 0.237 e. The molecule has 5 aromatic carbocycles. The summed E-state index contributed by atoms with van der Waals surface area (Å²) in [7, 11) is 0. The van der Waals surface area contributed by atoms with Crippen LogP contribution in [0.5, 0.6) is 0 Å². The molecule has 54 heavy (non-hydrogen) atoms. The van der Waals surface area contributed by atoms with E-state index < -0.39 is 5.25 Å². The van der Waals surface area contributed by atoms with Gasteiger partial charge in [0.2, 0.25) is 11.8 Å². The third kappa shape index (κ3) is 8.76. The number of thioether (sulfide) groups is 2. The molecule has 0 radical (unpaired) electrons. The number of carbonyl (C=O) groups excluding carboxylic acids is 2. The van der Waals surface area contributed by atoms with E-state index >= 15 is 0 Å². The molecule has 7 aromatic rings. The van der Waals surface area contributed by atoms with Crippen molar-refractivity contribution in [1.82, 2.24) is 25.1 Å². The first-order valence-electron chi connectivity index (χ1n) is 17.6. The van der Waals surface area contributed by atoms with Crippen molar-refractivity contribution < 1.29 is 9.59 Å². The van der Waals surface area contributed by atoms with Crippen molar-refractivity contribution in [3.63, 3.8) is 0 Å². The van der Waals surface area contributed by atoms with Gasteiger partial charge in [-0.25, -0.2) is 4.98 Å². The molecular weight excluding hydrogens is 729 g/mol. The molecule has 2 aromatic heterocycles. The quantitative estimate of drug-likeness (QED) is 0.119. The number of thiazole rings is 1. The molecule has 1 atom stereocenters. The van der Waals surface area contributed by atoms with Crippen LogP contribution in [0.25, 0.3) is 27.3 Å². The Labute approximate surface area is 327 Å². The van der Waals surface area contributed by atoms with Gasteiger partial charge < -0.3 is 10.6 Å². The van der Waals surface area contributed by atoms with Crippen molar-refractivity contribution in [2.75, 3.05) is 11.1 Å². The zero-order chi connectivity index (χ0) is 37.7. The van der Waals surface area contributed by atoms with Crippen molar-refractivity contribution in [2.24, 2.45) is 0 Å². The first-order chi connectivity index (χ1) is 26.1. The summed E-state index contributed by atoms with van der Waals surface area (Å²) in [6.07, 6.45) is 0. The molecule has 0 fully saturated rings. The number of nitrogens with zero attached hydrogens (tertiary/aromatic N) is 4. The van der Waals surface area contributed by atoms with Gasteiger partial charge in [-0.3, -0.25) is 14.2 Å². The molecule has 2 amide bonds. The predicted octanol–water partition coefficient (Wildman–Crippen LogP) is 9.96. The van der Waals surface area contributed by atoms with Crippen LogP contribution in [0.4, 0.5) is 5.69 Å². The summed E-state index contributed by atoms with van der Waals surface area (Å²) in [5, 5.41) is 15.6. The molecule has 11 heteroatoms. The normalized spacial score (nSPS) is 12.2. The highest BCUT2D eigenvalue weighted by Crippen LogP contribution is 2.34. The first kappa shape index (κ1) is 37.1. The highest BCUT2D eigenvalue weighted by atomic mass is 32.2. The van der Waals surface area contributed by atoms with Crippen molar-refractivity contribution >= 4 is 62.6 Å². The molecular formula is C43H40N6O2S3. The lowest BCUT2D eigenvalue weighted by Crippen LogP contribution is -2.30. The SMILES string of the molecule is C[C@H](Sc1nnc(-c2ccc(C(C)(C)C)cc2)n1-c1ccccc1)C(=O)Nc1ccc2nc(SCC(=O)NC(c3ccccc3)c3ccccc3)sc2c1. The summed E-state index contributed by atoms with van der Waals surface area (Å²) in [5.41, 5.74) is 6.68. The van der Waals surface area contributed by atoms with E-state index in [1.54, 1.807) is 0 Å². The summed E-state index contributed by atoms with van der Waals surface area (Å²) in [6.45, 7) is 8.45. The number of carbonyl (C=O) groups is 2. The Bertz CT molecular complexity index is 2320. The third-order valence-corrected chi connectivity index (χ3v) is 12.0. The van der Waals surface area contributed by atoms with E-state index in [1.807, 2.05) is 121 Å². The van der Waals surface area contributed by atoms with Crippen LogP contribution in [0.2, 0.25) is 0 Å². The average Bonchev–Trinajstić information content (AvgIpc) is 3.80. The summed E-state index contributed by atoms with van der Waals surface area (Å²) >= 11 is 4.26. The van der Waals surface area contributed by atoms with Gasteiger partial charge in [-0.05, 0) is 59.4 Å². The van der Waals surface area contributed by atoms with Gasteiger partial charge in [0, 0.05) is 16.9 Å². The van der Waals surface area contributed by atoms with E-state index in [9.17, 15) is 9.59 Å². The van der Waals surface area contributed by atoms with E-state index in [0.717, 1.165) is 36.9 Å². The highest BCUT2D eigenvalue weighted by Gasteiger charge is 2.23. The van der Waals surface area contributed by atoms with E-state index in [0.29, 0.717) is 16.7 Å². The molecule has 7 rings (SSSR count). The van der Waals surface area contributed by atoms with Gasteiger partial charge in [-0.1, -0.05) is 147 Å². The molecule has 0 aliphatic carbocycles. The van der Waals surface area contributed by atoms with Crippen LogP contribution in [-0.4, -0.2) is 42.6 Å². The molecule has 0 spiro atoms. The topological polar surface area (TPSA) is 102 Å². The second-order valence-corrected chi connectivity index (χ2v) is 17.4. The third-order valence-electron chi connectivity index (χ3n) is 8.84. The Morgan fingerprint density at radius 2 is 1.43 bits per heavy atom. The lowest BCUT2D eigenvalue weighted by Gasteiger charge is -2.19. The van der Waals surface area contributed by atoms with Gasteiger partial charge in [0.15, 0.2) is 15.3 Å². The van der Waals surface area contributed by atoms with Crippen LogP contribution in [-0.2, 0) is 15.0 Å². The van der Waals surface area contributed by atoms with Gasteiger partial charge in [-0.15, -0.1) is 21.5 Å². The molecule has 8 nitrogen and oxygen atoms in total. The summed E-state index contributed by atoms with van der Waals surface area (Å²) in [4.78, 5) is 31.4. The van der Waals surface area contributed by atoms with Crippen molar-refractivity contribution in [2.45, 2.75) is 53.9 Å². The Kier molecular flexibility index (Phi) is 11.3. The number of nitrogens with one attached hydrogen (secondary N) is 2. The van der Waals surface area contributed by atoms with Crippen LogP contribution in [0.15, 0.2) is 143 Å². The van der Waals surface area contributed by atoms with E-state index in [4.69, 9.17) is 4.98 Å². The monoisotopic (exact) mass is 768 g/mol. The zero-order valence-corrected chi connectivity index (χ0v) is 32.8. The van der Waals surface area contributed by atoms with Crippen LogP contribution in [0.3, 0.4) is 0 Å². The molecule has 0 aliphatic rings. The Morgan fingerprint density at radius 1 is 0.796 bits per heavy atom. The maximum atomic E-state index is 13.5. The highest BCUT2D eigenvalue weighted by molar-refractivity contribution is 8.01. The van der Waals surface area contributed by atoms with Crippen LogP contribution >= 0.6 is 34.9 Å². The minimum absolute atomic E-state index is 0.0372. The Balaban J connectivity index is 1.01. The van der Waals surface area contributed by atoms with Gasteiger partial charge in [-0.2, -0.15) is 0 Å². The molecule has 272 valence electrons. The first-order valence-corrected chi connectivity index (χ1v) is 20.3. The number of fused-ring (bicyclic) bond motifs is 1. The molecule has 2 N–H and O–H groups in total. The fraction of sp³-hybridized carbons (Fsp3) is 0.186. The molecule has 0 unspecified atom stereocenters. The van der Waals surface area contributed by atoms with Crippen LogP contribution in [0.1, 0.15) is 50.4 Å². The van der Waals surface area contributed by atoms with E-state index in [1.165, 1.54) is 40.4 Å². The van der Waals surface area contributed by atoms with E-state index in [2.05, 4.69) is 65.9 Å². The fourth-order valence-electron chi connectivity index (χ4n) is 5.94. The second kappa shape index (κ2) is 16.4. The largest absolute Gasteiger partial charge is 0.344 e. The number of para-hydroxylation sites is 1. The number of benzene rings is 5. The lowest BCUT2D eigenvalue weighted by atomic mass is 9.87. The van der Waals surface area contributed by atoms with Crippen molar-refractivity contribution in [1.29, 1.82) is 0 Å². The standard InChI is InChI=1S/C43H40N6O2S3/c1-28(53-41-48-47-39(49(41)34-18-12-7-13-19-34)31-20-22-32(23-21-31)43(2,3)4)40(51)44-33-24-25-35-36(26-33)54-42(45-35)52-27-37(50)46-38(29-14-8-5-9-15-29)30-16-10-6-11-17-30/h5-26,28,38H,27H2,1-4H3,(H,44,51)(H,46,50)/t28-/m0/s1. The maximum absolute atomic E-state index is 13.5. The Hall–Kier alpha value is -5.23. The summed E-state index contributed by atoms with van der Waals surface area (Å²) < 4.78 is 3.72. The lowest BCUT2D eigenvalue weighted by molar-refractivity contribution is -0.119. The molecule has 0 saturated carbocycles. The minimum atomic E-state index is -0.467. The maximum Gasteiger partial charge on any atom is 0.237 e. The molecule has 0 bridgehead atoms. The Morgan fingerprint density at radius 3 is 2.06 bits per heavy atom. The number of hydrogen-bond acceptors (Lipinski definition) is 8. The van der Waals surface area contributed by atoms with Gasteiger partial charge in [0.1, 0.15) is 0 Å². The van der Waals surface area contributed by atoms with Crippen molar-refractivity contribution in [3.8, 4) is 17.1 Å². The van der Waals surface area contributed by atoms with Gasteiger partial charge in [0.05, 0.1) is 27.3 Å². The van der Waals surface area contributed by atoms with Crippen molar-refractivity contribution in [3.05, 3.63) is 150 Å². The number of amides is 2. The fourth-order valence-corrected chi connectivity index (χ4v) is 8.73. The van der Waals surface area contributed by atoms with Crippen LogP contribution in [0, 0.1) is 0 Å². The average molecular weight is 769 g/mol. The minimum Gasteiger partial charge on any atom is -0.344 e. The van der Waals surface area contributed by atoms with Crippen LogP contribution < -0.4 is 10.6 Å².